The Balaban J connectivity index is 1.28. The van der Waals surface area contributed by atoms with Crippen molar-refractivity contribution < 1.29 is 50.2 Å². The molecule has 3 amide bonds. The summed E-state index contributed by atoms with van der Waals surface area (Å²) in [7, 11) is 0. The van der Waals surface area contributed by atoms with Crippen LogP contribution in [-0.4, -0.2) is 54.3 Å². The number of nitrogens with one attached hydrogen (secondary N) is 1. The molecule has 1 heterocycles. The fraction of sp³-hybridized carbons (Fsp3) is 0.267. The molecule has 0 aliphatic carbocycles. The van der Waals surface area contributed by atoms with Gasteiger partial charge in [-0.1, -0.05) is 59.8 Å². The van der Waals surface area contributed by atoms with E-state index in [1.807, 2.05) is 0 Å². The molecular weight excluding hydrogens is 664 g/mol. The zero-order valence-corrected chi connectivity index (χ0v) is 25.2. The number of benzene rings is 3. The Hall–Kier alpha value is -4.24. The van der Waals surface area contributed by atoms with E-state index in [1.54, 1.807) is 24.3 Å². The highest BCUT2D eigenvalue weighted by molar-refractivity contribution is 8.15. The van der Waals surface area contributed by atoms with Gasteiger partial charge in [-0.2, -0.15) is 18.2 Å². The number of nitrogens with zero attached hydrogens (tertiary/aromatic N) is 2. The zero-order chi connectivity index (χ0) is 33.5. The zero-order valence-electron chi connectivity index (χ0n) is 23.6. The molecule has 0 atom stereocenters. The molecule has 8 nitrogen and oxygen atoms in total. The lowest BCUT2D eigenvalue weighted by atomic mass is 10.0. The Kier molecular flexibility index (Phi) is 11.2. The van der Waals surface area contributed by atoms with E-state index in [0.29, 0.717) is 12.0 Å². The number of rotatable bonds is 11. The number of carbonyl (C=O) groups excluding carboxylic acids is 3. The number of thioether (sulfide) groups is 1. The molecule has 0 radical (unpaired) electrons. The first-order valence-electron chi connectivity index (χ1n) is 13.4. The van der Waals surface area contributed by atoms with Crippen molar-refractivity contribution in [1.29, 1.82) is 0 Å². The topological polar surface area (TPSA) is 97.3 Å². The highest BCUT2D eigenvalue weighted by Gasteiger charge is 2.34. The Labute approximate surface area is 267 Å². The first-order chi connectivity index (χ1) is 21.6. The van der Waals surface area contributed by atoms with Gasteiger partial charge in [0, 0.05) is 24.4 Å². The molecule has 16 heteroatoms. The molecule has 0 aromatic heterocycles. The maximum atomic E-state index is 12.7. The number of Topliss-reactive ketones (excluding diaryl/α,β-unsaturated/α-hetero) is 1. The van der Waals surface area contributed by atoms with Crippen molar-refractivity contribution in [1.82, 2.24) is 5.32 Å². The van der Waals surface area contributed by atoms with E-state index in [-0.39, 0.29) is 58.3 Å². The van der Waals surface area contributed by atoms with Crippen LogP contribution in [0.1, 0.15) is 16.7 Å². The molecule has 244 valence electrons. The molecule has 1 saturated heterocycles. The first-order valence-corrected chi connectivity index (χ1v) is 14.8. The Morgan fingerprint density at radius 2 is 1.52 bits per heavy atom. The number of ether oxygens (including phenoxy) is 2. The third kappa shape index (κ3) is 10.7. The van der Waals surface area contributed by atoms with Crippen LogP contribution < -0.4 is 19.7 Å². The smallest absolute Gasteiger partial charge is 0.482 e. The summed E-state index contributed by atoms with van der Waals surface area (Å²) in [4.78, 5) is 42.5. The standard InChI is InChI=1S/C30H24ClF6N3O5S/c31-21-7-10-25(44-17-29(32,33)34)24(15-21)40-26(42)16-46-28(40)39-27(43)38-12-11-18-1-3-19(4-2-18)13-22(41)14-20-5-8-23(9-6-20)45-30(35,36)37/h1-10,15H,11-14,16-17H2,(H,38,43). The third-order valence-corrected chi connectivity index (χ3v) is 7.35. The van der Waals surface area contributed by atoms with Crippen molar-refractivity contribution in [2.24, 2.45) is 4.99 Å². The lowest BCUT2D eigenvalue weighted by Crippen LogP contribution is -2.32. The van der Waals surface area contributed by atoms with Gasteiger partial charge in [-0.15, -0.1) is 13.2 Å². The molecule has 0 bridgehead atoms. The van der Waals surface area contributed by atoms with Crippen molar-refractivity contribution in [2.45, 2.75) is 31.8 Å². The summed E-state index contributed by atoms with van der Waals surface area (Å²) >= 11 is 6.94. The maximum absolute atomic E-state index is 12.7. The Bertz CT molecular complexity index is 1600. The number of hydrogen-bond acceptors (Lipinski definition) is 6. The van der Waals surface area contributed by atoms with Crippen LogP contribution in [0.15, 0.2) is 71.7 Å². The number of halogens is 7. The average Bonchev–Trinajstić information content (AvgIpc) is 3.32. The highest BCUT2D eigenvalue weighted by atomic mass is 35.5. The summed E-state index contributed by atoms with van der Waals surface area (Å²) in [5.41, 5.74) is 2.03. The van der Waals surface area contributed by atoms with Crippen LogP contribution in [0.3, 0.4) is 0 Å². The molecule has 4 rings (SSSR count). The molecule has 3 aromatic carbocycles. The lowest BCUT2D eigenvalue weighted by molar-refractivity contribution is -0.274. The maximum Gasteiger partial charge on any atom is 0.573 e. The largest absolute Gasteiger partial charge is 0.573 e. The highest BCUT2D eigenvalue weighted by Crippen LogP contribution is 2.37. The first kappa shape index (κ1) is 34.6. The van der Waals surface area contributed by atoms with Gasteiger partial charge in [0.1, 0.15) is 17.3 Å². The van der Waals surface area contributed by atoms with Crippen LogP contribution in [0, 0.1) is 0 Å². The number of carbonyl (C=O) groups is 3. The van der Waals surface area contributed by atoms with Crippen LogP contribution in [-0.2, 0) is 28.9 Å². The van der Waals surface area contributed by atoms with E-state index in [9.17, 15) is 40.7 Å². The van der Waals surface area contributed by atoms with E-state index in [1.165, 1.54) is 30.3 Å². The predicted octanol–water partition coefficient (Wildman–Crippen LogP) is 6.92. The molecule has 1 N–H and O–H groups in total. The molecule has 1 aliphatic rings. The number of amides is 3. The molecule has 0 unspecified atom stereocenters. The fourth-order valence-electron chi connectivity index (χ4n) is 4.22. The van der Waals surface area contributed by atoms with E-state index < -0.39 is 31.1 Å². The van der Waals surface area contributed by atoms with E-state index >= 15 is 0 Å². The SMILES string of the molecule is O=C(Cc1ccc(CCNC(=O)N=C2SCC(=O)N2c2cc(Cl)ccc2OCC(F)(F)F)cc1)Cc1ccc(OC(F)(F)F)cc1. The molecule has 1 aliphatic heterocycles. The van der Waals surface area contributed by atoms with Gasteiger partial charge in [0.2, 0.25) is 5.91 Å². The number of amidine groups is 1. The molecule has 0 spiro atoms. The van der Waals surface area contributed by atoms with Crippen LogP contribution in [0.25, 0.3) is 0 Å². The summed E-state index contributed by atoms with van der Waals surface area (Å²) in [6, 6.07) is 15.1. The summed E-state index contributed by atoms with van der Waals surface area (Å²) in [6.07, 6.45) is -8.88. The van der Waals surface area contributed by atoms with Gasteiger partial charge in [0.05, 0.1) is 11.4 Å². The summed E-state index contributed by atoms with van der Waals surface area (Å²) in [5.74, 6) is -1.40. The molecule has 46 heavy (non-hydrogen) atoms. The summed E-state index contributed by atoms with van der Waals surface area (Å²) in [6.45, 7) is -1.43. The van der Waals surface area contributed by atoms with E-state index in [2.05, 4.69) is 15.0 Å². The molecule has 0 saturated carbocycles. The molecular formula is C30H24ClF6N3O5S. The Morgan fingerprint density at radius 1 is 0.913 bits per heavy atom. The van der Waals surface area contributed by atoms with Crippen molar-refractivity contribution >= 4 is 51.9 Å². The summed E-state index contributed by atoms with van der Waals surface area (Å²) < 4.78 is 83.8. The molecule has 3 aromatic rings. The minimum Gasteiger partial charge on any atom is -0.482 e. The van der Waals surface area contributed by atoms with Gasteiger partial charge in [-0.05, 0) is 53.4 Å². The Morgan fingerprint density at radius 3 is 2.13 bits per heavy atom. The number of anilines is 1. The minimum absolute atomic E-state index is 0.0309. The molecule has 1 fully saturated rings. The number of aliphatic imine (C=N–C) groups is 1. The van der Waals surface area contributed by atoms with Crippen molar-refractivity contribution in [3.05, 3.63) is 88.4 Å². The number of ketones is 1. The average molecular weight is 688 g/mol. The second-order valence-corrected chi connectivity index (χ2v) is 11.2. The van der Waals surface area contributed by atoms with Gasteiger partial charge in [-0.3, -0.25) is 14.5 Å². The predicted molar refractivity (Wildman–Crippen MR) is 159 cm³/mol. The minimum atomic E-state index is -4.80. The van der Waals surface area contributed by atoms with Crippen LogP contribution >= 0.6 is 23.4 Å². The monoisotopic (exact) mass is 687 g/mol. The van der Waals surface area contributed by atoms with E-state index in [4.69, 9.17) is 16.3 Å². The fourth-order valence-corrected chi connectivity index (χ4v) is 5.24. The quantitative estimate of drug-likeness (QED) is 0.220. The van der Waals surface area contributed by atoms with Gasteiger partial charge in [-0.25, -0.2) is 4.79 Å². The number of hydrogen-bond donors (Lipinski definition) is 1. The van der Waals surface area contributed by atoms with E-state index in [0.717, 1.165) is 39.9 Å². The van der Waals surface area contributed by atoms with Gasteiger partial charge >= 0.3 is 18.6 Å². The second kappa shape index (κ2) is 14.9. The lowest BCUT2D eigenvalue weighted by Gasteiger charge is -2.20. The van der Waals surface area contributed by atoms with Crippen molar-refractivity contribution in [3.63, 3.8) is 0 Å². The van der Waals surface area contributed by atoms with Crippen LogP contribution in [0.2, 0.25) is 5.02 Å². The number of urea groups is 1. The number of alkyl halides is 6. The van der Waals surface area contributed by atoms with Crippen molar-refractivity contribution in [3.8, 4) is 11.5 Å². The van der Waals surface area contributed by atoms with Crippen LogP contribution in [0.4, 0.5) is 36.8 Å². The second-order valence-electron chi connectivity index (χ2n) is 9.81. The third-order valence-electron chi connectivity index (χ3n) is 6.19. The normalized spacial score (nSPS) is 14.5. The van der Waals surface area contributed by atoms with Crippen LogP contribution in [0.5, 0.6) is 11.5 Å². The van der Waals surface area contributed by atoms with Gasteiger partial charge in [0.15, 0.2) is 11.8 Å². The summed E-state index contributed by atoms with van der Waals surface area (Å²) in [5, 5.41) is 2.67. The van der Waals surface area contributed by atoms with Gasteiger partial charge < -0.3 is 14.8 Å². The van der Waals surface area contributed by atoms with Gasteiger partial charge in [0.25, 0.3) is 0 Å². The van der Waals surface area contributed by atoms with Crippen molar-refractivity contribution in [2.75, 3.05) is 23.8 Å².